The molecule has 0 saturated carbocycles. The van der Waals surface area contributed by atoms with Crippen LogP contribution in [0.15, 0.2) is 91.6 Å². The van der Waals surface area contributed by atoms with Crippen molar-refractivity contribution in [3.8, 4) is 23.3 Å². The molecule has 0 radical (unpaired) electrons. The van der Waals surface area contributed by atoms with Crippen molar-refractivity contribution in [2.24, 2.45) is 0 Å². The lowest BCUT2D eigenvalue weighted by molar-refractivity contribution is 0.0552. The monoisotopic (exact) mass is 468 g/mol. The van der Waals surface area contributed by atoms with Gasteiger partial charge in [-0.15, -0.1) is 10.2 Å². The van der Waals surface area contributed by atoms with E-state index in [9.17, 15) is 9.59 Å². The fourth-order valence-electron chi connectivity index (χ4n) is 3.37. The van der Waals surface area contributed by atoms with Crippen molar-refractivity contribution in [3.63, 3.8) is 0 Å². The molecule has 0 unspecified atom stereocenters. The molecule has 166 valence electrons. The Kier molecular flexibility index (Phi) is 6.10. The number of esters is 1. The van der Waals surface area contributed by atoms with Gasteiger partial charge in [-0.2, -0.15) is 0 Å². The smallest absolute Gasteiger partial charge is 0.351 e. The lowest BCUT2D eigenvalue weighted by atomic mass is 10.0. The van der Waals surface area contributed by atoms with Gasteiger partial charge in [0, 0.05) is 10.9 Å². The third-order valence-corrected chi connectivity index (χ3v) is 5.66. The first-order valence-electron chi connectivity index (χ1n) is 10.3. The van der Waals surface area contributed by atoms with Gasteiger partial charge in [0.2, 0.25) is 5.89 Å². The van der Waals surface area contributed by atoms with Crippen LogP contribution in [0.25, 0.3) is 33.2 Å². The van der Waals surface area contributed by atoms with Crippen LogP contribution >= 0.6 is 11.8 Å². The Balaban J connectivity index is 1.17. The Morgan fingerprint density at radius 2 is 1.71 bits per heavy atom. The van der Waals surface area contributed by atoms with Gasteiger partial charge < -0.3 is 13.6 Å². The minimum absolute atomic E-state index is 0.156. The maximum atomic E-state index is 12.2. The molecule has 0 fully saturated rings. The normalized spacial score (nSPS) is 10.7. The summed E-state index contributed by atoms with van der Waals surface area (Å²) < 4.78 is 16.0. The van der Waals surface area contributed by atoms with Crippen molar-refractivity contribution in [2.45, 2.75) is 5.22 Å². The highest BCUT2D eigenvalue weighted by atomic mass is 32.2. The average Bonchev–Trinajstić information content (AvgIpc) is 3.34. The predicted octanol–water partition coefficient (Wildman–Crippen LogP) is 4.95. The zero-order valence-electron chi connectivity index (χ0n) is 17.7. The maximum absolute atomic E-state index is 12.2. The Morgan fingerprint density at radius 3 is 2.62 bits per heavy atom. The Bertz CT molecular complexity index is 1620. The number of carbonyl (C=O) groups is 1. The van der Waals surface area contributed by atoms with Crippen LogP contribution < -0.4 is 5.63 Å². The quantitative estimate of drug-likeness (QED) is 0.155. The van der Waals surface area contributed by atoms with Crippen LogP contribution in [0.1, 0.15) is 10.4 Å². The number of carbonyl (C=O) groups excluding carboxylic acids is 1. The standard InChI is InChI=1S/C26H16N2O5S/c29-24(21-16-18-9-2-4-13-22(18)32-25(21)30)31-14-5-6-15-34-26-28-27-23(33-26)20-12-7-10-17-8-1-3-11-19(17)20/h1-4,7-13,16H,14-15H2. The number of rotatable bonds is 5. The van der Waals surface area contributed by atoms with Crippen LogP contribution in [0, 0.1) is 11.8 Å². The molecule has 0 bridgehead atoms. The molecular formula is C26H16N2O5S. The number of ether oxygens (including phenoxy) is 1. The first-order valence-corrected chi connectivity index (χ1v) is 11.3. The number of hydrogen-bond acceptors (Lipinski definition) is 8. The summed E-state index contributed by atoms with van der Waals surface area (Å²) in [6.07, 6.45) is 0. The van der Waals surface area contributed by atoms with E-state index in [4.69, 9.17) is 13.6 Å². The Hall–Kier alpha value is -4.35. The van der Waals surface area contributed by atoms with Crippen LogP contribution in [-0.2, 0) is 4.74 Å². The molecular weight excluding hydrogens is 452 g/mol. The van der Waals surface area contributed by atoms with Crippen molar-refractivity contribution >= 4 is 39.5 Å². The fraction of sp³-hybridized carbons (Fsp3) is 0.0769. The highest BCUT2D eigenvalue weighted by Gasteiger charge is 2.15. The number of fused-ring (bicyclic) bond motifs is 2. The average molecular weight is 468 g/mol. The SMILES string of the molecule is O=C(OCC#CCSc1nnc(-c2cccc3ccccc23)o1)c1cc2ccccc2oc1=O. The molecule has 7 nitrogen and oxygen atoms in total. The molecule has 0 saturated heterocycles. The van der Waals surface area contributed by atoms with Crippen LogP contribution in [0.4, 0.5) is 0 Å². The van der Waals surface area contributed by atoms with E-state index in [-0.39, 0.29) is 12.2 Å². The van der Waals surface area contributed by atoms with E-state index < -0.39 is 11.6 Å². The molecule has 0 N–H and O–H groups in total. The van der Waals surface area contributed by atoms with E-state index in [1.165, 1.54) is 17.8 Å². The van der Waals surface area contributed by atoms with Crippen LogP contribution in [0.3, 0.4) is 0 Å². The molecule has 3 aromatic carbocycles. The number of thioether (sulfide) groups is 1. The van der Waals surface area contributed by atoms with E-state index in [0.717, 1.165) is 16.3 Å². The lowest BCUT2D eigenvalue weighted by Gasteiger charge is -2.01. The third kappa shape index (κ3) is 4.56. The molecule has 2 heterocycles. The third-order valence-electron chi connectivity index (χ3n) is 4.96. The molecule has 8 heteroatoms. The molecule has 5 aromatic rings. The number of nitrogens with zero attached hydrogens (tertiary/aromatic N) is 2. The van der Waals surface area contributed by atoms with Gasteiger partial charge in [0.25, 0.3) is 5.22 Å². The summed E-state index contributed by atoms with van der Waals surface area (Å²) in [6, 6.07) is 22.3. The molecule has 34 heavy (non-hydrogen) atoms. The molecule has 0 spiro atoms. The molecule has 0 aliphatic rings. The Labute approximate surface area is 197 Å². The zero-order valence-corrected chi connectivity index (χ0v) is 18.5. The van der Waals surface area contributed by atoms with E-state index in [1.54, 1.807) is 24.3 Å². The number of aromatic nitrogens is 2. The molecule has 0 atom stereocenters. The summed E-state index contributed by atoms with van der Waals surface area (Å²) in [5, 5.41) is 11.4. The fourth-order valence-corrected chi connectivity index (χ4v) is 3.91. The largest absolute Gasteiger partial charge is 0.449 e. The maximum Gasteiger partial charge on any atom is 0.351 e. The van der Waals surface area contributed by atoms with E-state index in [0.29, 0.717) is 27.8 Å². The van der Waals surface area contributed by atoms with Crippen LogP contribution in [0.5, 0.6) is 0 Å². The van der Waals surface area contributed by atoms with Crippen LogP contribution in [-0.4, -0.2) is 28.5 Å². The second kappa shape index (κ2) is 9.65. The summed E-state index contributed by atoms with van der Waals surface area (Å²) in [6.45, 7) is -0.156. The van der Waals surface area contributed by atoms with Gasteiger partial charge in [-0.25, -0.2) is 9.59 Å². The topological polar surface area (TPSA) is 95.4 Å². The van der Waals surface area contributed by atoms with Crippen molar-refractivity contribution in [2.75, 3.05) is 12.4 Å². The van der Waals surface area contributed by atoms with Gasteiger partial charge in [0.05, 0.1) is 5.75 Å². The van der Waals surface area contributed by atoms with Gasteiger partial charge in [-0.1, -0.05) is 78.2 Å². The van der Waals surface area contributed by atoms with Crippen LogP contribution in [0.2, 0.25) is 0 Å². The van der Waals surface area contributed by atoms with Gasteiger partial charge in [0.15, 0.2) is 6.61 Å². The van der Waals surface area contributed by atoms with Crippen molar-refractivity contribution < 1.29 is 18.4 Å². The number of benzene rings is 3. The van der Waals surface area contributed by atoms with E-state index in [2.05, 4.69) is 22.0 Å². The van der Waals surface area contributed by atoms with Gasteiger partial charge >= 0.3 is 11.6 Å². The van der Waals surface area contributed by atoms with E-state index in [1.807, 2.05) is 42.5 Å². The zero-order chi connectivity index (χ0) is 23.3. The molecule has 0 amide bonds. The summed E-state index contributed by atoms with van der Waals surface area (Å²) in [7, 11) is 0. The summed E-state index contributed by atoms with van der Waals surface area (Å²) in [5.41, 5.74) is 0.367. The second-order valence-corrected chi connectivity index (χ2v) is 8.03. The summed E-state index contributed by atoms with van der Waals surface area (Å²) >= 11 is 1.28. The first-order chi connectivity index (χ1) is 16.7. The highest BCUT2D eigenvalue weighted by Crippen LogP contribution is 2.29. The molecule has 5 rings (SSSR count). The number of para-hydroxylation sites is 1. The molecule has 2 aromatic heterocycles. The number of hydrogen-bond donors (Lipinski definition) is 0. The van der Waals surface area contributed by atoms with Gasteiger partial charge in [-0.05, 0) is 29.0 Å². The van der Waals surface area contributed by atoms with Crippen molar-refractivity contribution in [1.82, 2.24) is 10.2 Å². The Morgan fingerprint density at radius 1 is 0.912 bits per heavy atom. The van der Waals surface area contributed by atoms with Gasteiger partial charge in [0.1, 0.15) is 11.1 Å². The van der Waals surface area contributed by atoms with Crippen molar-refractivity contribution in [1.29, 1.82) is 0 Å². The molecule has 0 aliphatic heterocycles. The summed E-state index contributed by atoms with van der Waals surface area (Å²) in [4.78, 5) is 24.2. The second-order valence-electron chi connectivity index (χ2n) is 7.10. The van der Waals surface area contributed by atoms with Gasteiger partial charge in [-0.3, -0.25) is 0 Å². The predicted molar refractivity (Wildman–Crippen MR) is 129 cm³/mol. The minimum Gasteiger partial charge on any atom is -0.449 e. The lowest BCUT2D eigenvalue weighted by Crippen LogP contribution is -2.16. The summed E-state index contributed by atoms with van der Waals surface area (Å²) in [5.74, 6) is 5.64. The highest BCUT2D eigenvalue weighted by molar-refractivity contribution is 7.99. The molecule has 0 aliphatic carbocycles. The minimum atomic E-state index is -0.780. The first kappa shape index (κ1) is 21.5. The van der Waals surface area contributed by atoms with E-state index >= 15 is 0 Å². The van der Waals surface area contributed by atoms with Crippen molar-refractivity contribution in [3.05, 3.63) is 88.8 Å².